The second-order valence-corrected chi connectivity index (χ2v) is 4.21. The van der Waals surface area contributed by atoms with Gasteiger partial charge in [-0.3, -0.25) is 14.8 Å². The van der Waals surface area contributed by atoms with Gasteiger partial charge in [-0.1, -0.05) is 12.1 Å². The van der Waals surface area contributed by atoms with Crippen LogP contribution >= 0.6 is 0 Å². The third kappa shape index (κ3) is 1.71. The molecule has 2 N–H and O–H groups in total. The molecule has 6 nitrogen and oxygen atoms in total. The lowest BCUT2D eigenvalue weighted by molar-refractivity contribution is -0.384. The Kier molecular flexibility index (Phi) is 2.78. The second kappa shape index (κ2) is 4.14. The first-order chi connectivity index (χ1) is 8.43. The topological polar surface area (TPSA) is 87.0 Å². The van der Waals surface area contributed by atoms with Gasteiger partial charge in [0.1, 0.15) is 11.5 Å². The molecule has 0 saturated heterocycles. The predicted molar refractivity (Wildman–Crippen MR) is 69.2 cm³/mol. The van der Waals surface area contributed by atoms with E-state index in [0.29, 0.717) is 17.1 Å². The maximum atomic E-state index is 11.1. The number of nitrogens with two attached hydrogens (primary N) is 1. The fourth-order valence-electron chi connectivity index (χ4n) is 1.99. The van der Waals surface area contributed by atoms with Gasteiger partial charge in [-0.25, -0.2) is 0 Å². The van der Waals surface area contributed by atoms with Gasteiger partial charge in [0.05, 0.1) is 10.5 Å². The van der Waals surface area contributed by atoms with Crippen LogP contribution in [0.2, 0.25) is 0 Å². The summed E-state index contributed by atoms with van der Waals surface area (Å²) in [7, 11) is 1.72. The average Bonchev–Trinajstić information content (AvgIpc) is 2.56. The number of hydrogen-bond acceptors (Lipinski definition) is 4. The Hall–Kier alpha value is -2.37. The minimum absolute atomic E-state index is 0.0520. The van der Waals surface area contributed by atoms with E-state index in [2.05, 4.69) is 5.10 Å². The third-order valence-electron chi connectivity index (χ3n) is 3.02. The van der Waals surface area contributed by atoms with Gasteiger partial charge in [0, 0.05) is 18.7 Å². The van der Waals surface area contributed by atoms with Gasteiger partial charge in [-0.05, 0) is 19.4 Å². The van der Waals surface area contributed by atoms with Crippen LogP contribution in [0, 0.1) is 24.0 Å². The fourth-order valence-corrected chi connectivity index (χ4v) is 1.99. The lowest BCUT2D eigenvalue weighted by atomic mass is 10.0. The molecule has 0 aliphatic heterocycles. The SMILES string of the molecule is Cc1cccc([N+](=O)[O-])c1-c1nn(C)c(N)c1C. The molecule has 6 heteroatoms. The number of aryl methyl sites for hydroxylation is 2. The van der Waals surface area contributed by atoms with Crippen LogP contribution in [0.4, 0.5) is 11.5 Å². The Balaban J connectivity index is 2.78. The Labute approximate surface area is 104 Å². The zero-order chi connectivity index (χ0) is 13.4. The first kappa shape index (κ1) is 12.1. The molecule has 0 bridgehead atoms. The zero-order valence-corrected chi connectivity index (χ0v) is 10.5. The first-order valence-corrected chi connectivity index (χ1v) is 5.47. The minimum atomic E-state index is -0.396. The summed E-state index contributed by atoms with van der Waals surface area (Å²) in [5.74, 6) is 0.516. The van der Waals surface area contributed by atoms with E-state index in [1.807, 2.05) is 19.9 Å². The summed E-state index contributed by atoms with van der Waals surface area (Å²) in [6.07, 6.45) is 0. The minimum Gasteiger partial charge on any atom is -0.384 e. The molecule has 1 aromatic carbocycles. The van der Waals surface area contributed by atoms with Crippen molar-refractivity contribution in [2.45, 2.75) is 13.8 Å². The molecule has 0 aliphatic carbocycles. The maximum Gasteiger partial charge on any atom is 0.279 e. The van der Waals surface area contributed by atoms with Crippen LogP contribution in [0.3, 0.4) is 0 Å². The molecule has 0 amide bonds. The Morgan fingerprint density at radius 1 is 1.39 bits per heavy atom. The molecule has 0 unspecified atom stereocenters. The number of aromatic nitrogens is 2. The van der Waals surface area contributed by atoms with E-state index >= 15 is 0 Å². The van der Waals surface area contributed by atoms with Crippen LogP contribution in [0.15, 0.2) is 18.2 Å². The van der Waals surface area contributed by atoms with Crippen molar-refractivity contribution in [3.63, 3.8) is 0 Å². The number of nitro groups is 1. The molecule has 0 radical (unpaired) electrons. The monoisotopic (exact) mass is 246 g/mol. The van der Waals surface area contributed by atoms with Crippen LogP contribution in [0.25, 0.3) is 11.3 Å². The molecule has 1 heterocycles. The highest BCUT2D eigenvalue weighted by atomic mass is 16.6. The Morgan fingerprint density at radius 2 is 2.06 bits per heavy atom. The highest BCUT2D eigenvalue weighted by molar-refractivity contribution is 5.78. The normalized spacial score (nSPS) is 10.6. The summed E-state index contributed by atoms with van der Waals surface area (Å²) in [6, 6.07) is 4.97. The number of benzene rings is 1. The molecule has 2 aromatic rings. The molecular weight excluding hydrogens is 232 g/mol. The second-order valence-electron chi connectivity index (χ2n) is 4.21. The average molecular weight is 246 g/mol. The van der Waals surface area contributed by atoms with Gasteiger partial charge < -0.3 is 5.73 Å². The largest absolute Gasteiger partial charge is 0.384 e. The van der Waals surface area contributed by atoms with E-state index in [-0.39, 0.29) is 5.69 Å². The van der Waals surface area contributed by atoms with Crippen molar-refractivity contribution < 1.29 is 4.92 Å². The summed E-state index contributed by atoms with van der Waals surface area (Å²) in [6.45, 7) is 3.64. The van der Waals surface area contributed by atoms with Gasteiger partial charge >= 0.3 is 0 Å². The number of hydrogen-bond donors (Lipinski definition) is 1. The molecule has 0 saturated carbocycles. The fraction of sp³-hybridized carbons (Fsp3) is 0.250. The van der Waals surface area contributed by atoms with Crippen LogP contribution in [-0.2, 0) is 7.05 Å². The van der Waals surface area contributed by atoms with Crippen LogP contribution in [0.5, 0.6) is 0 Å². The van der Waals surface area contributed by atoms with Gasteiger partial charge in [-0.2, -0.15) is 5.10 Å². The maximum absolute atomic E-state index is 11.1. The van der Waals surface area contributed by atoms with Gasteiger partial charge in [-0.15, -0.1) is 0 Å². The third-order valence-corrected chi connectivity index (χ3v) is 3.02. The first-order valence-electron chi connectivity index (χ1n) is 5.47. The molecule has 0 atom stereocenters. The zero-order valence-electron chi connectivity index (χ0n) is 10.5. The summed E-state index contributed by atoms with van der Waals surface area (Å²) < 4.78 is 1.53. The summed E-state index contributed by atoms with van der Waals surface area (Å²) in [5, 5.41) is 15.4. The smallest absolute Gasteiger partial charge is 0.279 e. The number of nitrogens with zero attached hydrogens (tertiary/aromatic N) is 3. The molecule has 1 aromatic heterocycles. The summed E-state index contributed by atoms with van der Waals surface area (Å²) in [5.41, 5.74) is 8.57. The lowest BCUT2D eigenvalue weighted by Gasteiger charge is -2.04. The van der Waals surface area contributed by atoms with Crippen molar-refractivity contribution in [2.24, 2.45) is 7.05 Å². The van der Waals surface area contributed by atoms with E-state index < -0.39 is 4.92 Å². The van der Waals surface area contributed by atoms with Gasteiger partial charge in [0.15, 0.2) is 0 Å². The van der Waals surface area contributed by atoms with Crippen molar-refractivity contribution in [1.82, 2.24) is 9.78 Å². The van der Waals surface area contributed by atoms with Crippen LogP contribution < -0.4 is 5.73 Å². The number of nitro benzene ring substituents is 1. The quantitative estimate of drug-likeness (QED) is 0.650. The molecule has 18 heavy (non-hydrogen) atoms. The lowest BCUT2D eigenvalue weighted by Crippen LogP contribution is -1.98. The van der Waals surface area contributed by atoms with Crippen LogP contribution in [0.1, 0.15) is 11.1 Å². The number of rotatable bonds is 2. The highest BCUT2D eigenvalue weighted by Crippen LogP contribution is 2.35. The Bertz CT molecular complexity index is 631. The predicted octanol–water partition coefficient (Wildman–Crippen LogP) is 2.19. The standard InChI is InChI=1S/C12H14N4O2/c1-7-5-4-6-9(16(17)18)10(7)11-8(2)12(13)15(3)14-11/h4-6H,13H2,1-3H3. The van der Waals surface area contributed by atoms with Crippen molar-refractivity contribution in [1.29, 1.82) is 0 Å². The number of anilines is 1. The van der Waals surface area contributed by atoms with Gasteiger partial charge in [0.25, 0.3) is 5.69 Å². The van der Waals surface area contributed by atoms with Crippen molar-refractivity contribution in [3.8, 4) is 11.3 Å². The molecule has 0 aliphatic rings. The number of nitrogen functional groups attached to an aromatic ring is 1. The van der Waals surface area contributed by atoms with E-state index in [1.165, 1.54) is 10.7 Å². The van der Waals surface area contributed by atoms with Gasteiger partial charge in [0.2, 0.25) is 0 Å². The van der Waals surface area contributed by atoms with Crippen molar-refractivity contribution >= 4 is 11.5 Å². The van der Waals surface area contributed by atoms with E-state index in [1.54, 1.807) is 13.1 Å². The summed E-state index contributed by atoms with van der Waals surface area (Å²) in [4.78, 5) is 10.7. The van der Waals surface area contributed by atoms with Crippen LogP contribution in [-0.4, -0.2) is 14.7 Å². The molecule has 0 fully saturated rings. The van der Waals surface area contributed by atoms with E-state index in [0.717, 1.165) is 11.1 Å². The Morgan fingerprint density at radius 3 is 2.56 bits per heavy atom. The molecule has 2 rings (SSSR count). The van der Waals surface area contributed by atoms with E-state index in [4.69, 9.17) is 5.73 Å². The highest BCUT2D eigenvalue weighted by Gasteiger charge is 2.22. The molecule has 0 spiro atoms. The van der Waals surface area contributed by atoms with Crippen molar-refractivity contribution in [3.05, 3.63) is 39.4 Å². The van der Waals surface area contributed by atoms with Crippen molar-refractivity contribution in [2.75, 3.05) is 5.73 Å². The van der Waals surface area contributed by atoms with E-state index in [9.17, 15) is 10.1 Å². The molecular formula is C12H14N4O2. The molecule has 94 valence electrons. The summed E-state index contributed by atoms with van der Waals surface area (Å²) >= 11 is 0.